The summed E-state index contributed by atoms with van der Waals surface area (Å²) in [5.41, 5.74) is 3.63. The zero-order valence-electron chi connectivity index (χ0n) is 16.7. The van der Waals surface area contributed by atoms with Crippen molar-refractivity contribution in [2.24, 2.45) is 0 Å². The van der Waals surface area contributed by atoms with Crippen molar-refractivity contribution in [3.05, 3.63) is 76.9 Å². The van der Waals surface area contributed by atoms with Gasteiger partial charge in [0.25, 0.3) is 0 Å². The summed E-state index contributed by atoms with van der Waals surface area (Å²) in [7, 11) is -2.62. The van der Waals surface area contributed by atoms with Crippen LogP contribution in [0, 0.1) is 31.0 Å². The van der Waals surface area contributed by atoms with E-state index in [0.29, 0.717) is 33.6 Å². The lowest BCUT2D eigenvalue weighted by atomic mass is 9.98. The fourth-order valence-electron chi connectivity index (χ4n) is 2.99. The Morgan fingerprint density at radius 3 is 2.52 bits per heavy atom. The highest BCUT2D eigenvalue weighted by atomic mass is 32.2. The predicted octanol–water partition coefficient (Wildman–Crippen LogP) is 5.25. The third-order valence-electron chi connectivity index (χ3n) is 4.41. The number of rotatable bonds is 7. The van der Waals surface area contributed by atoms with Crippen LogP contribution in [0.5, 0.6) is 5.75 Å². The molecule has 0 amide bonds. The van der Waals surface area contributed by atoms with Gasteiger partial charge < -0.3 is 4.74 Å². The summed E-state index contributed by atoms with van der Waals surface area (Å²) in [6, 6.07) is 14.2. The number of nitrogens with zero attached hydrogens (tertiary/aromatic N) is 2. The molecule has 0 aliphatic carbocycles. The minimum atomic E-state index is -3.08. The molecule has 0 radical (unpaired) electrons. The van der Waals surface area contributed by atoms with Gasteiger partial charge in [-0.15, -0.1) is 0 Å². The summed E-state index contributed by atoms with van der Waals surface area (Å²) in [4.78, 5) is 4.29. The number of ether oxygens (including phenoxy) is 1. The van der Waals surface area contributed by atoms with Gasteiger partial charge in [0.15, 0.2) is 11.0 Å². The van der Waals surface area contributed by atoms with Crippen molar-refractivity contribution in [1.29, 1.82) is 5.26 Å². The van der Waals surface area contributed by atoms with Crippen LogP contribution < -0.4 is 9.46 Å². The number of pyridine rings is 1. The third kappa shape index (κ3) is 5.41. The molecule has 0 saturated heterocycles. The Hall–Kier alpha value is -3.38. The normalized spacial score (nSPS) is 11.8. The number of nitriles is 1. The van der Waals surface area contributed by atoms with Crippen LogP contribution in [0.4, 0.5) is 18.9 Å². The van der Waals surface area contributed by atoms with Crippen LogP contribution >= 0.6 is 0 Å². The van der Waals surface area contributed by atoms with Gasteiger partial charge >= 0.3 is 5.76 Å². The van der Waals surface area contributed by atoms with Crippen LogP contribution in [0.15, 0.2) is 48.5 Å². The van der Waals surface area contributed by atoms with E-state index < -0.39 is 22.6 Å². The van der Waals surface area contributed by atoms with E-state index in [-0.39, 0.29) is 18.0 Å². The van der Waals surface area contributed by atoms with E-state index in [2.05, 4.69) is 15.8 Å². The molecule has 0 aliphatic rings. The molecule has 160 valence electrons. The lowest BCUT2D eigenvalue weighted by molar-refractivity contribution is 0.244. The Balaban J connectivity index is 2.02. The number of hydrogen-bond acceptors (Lipinski definition) is 4. The number of benzene rings is 2. The van der Waals surface area contributed by atoms with Gasteiger partial charge in [0.2, 0.25) is 0 Å². The quantitative estimate of drug-likeness (QED) is 0.539. The summed E-state index contributed by atoms with van der Waals surface area (Å²) in [6.07, 6.45) is 0. The molecule has 2 aromatic carbocycles. The summed E-state index contributed by atoms with van der Waals surface area (Å²) in [5.74, 6) is -3.32. The Kier molecular flexibility index (Phi) is 6.92. The van der Waals surface area contributed by atoms with E-state index in [1.807, 2.05) is 0 Å². The molecule has 0 spiro atoms. The van der Waals surface area contributed by atoms with E-state index in [1.54, 1.807) is 32.0 Å². The Morgan fingerprint density at radius 1 is 1.16 bits per heavy atom. The lowest BCUT2D eigenvalue weighted by Crippen LogP contribution is -2.13. The molecule has 31 heavy (non-hydrogen) atoms. The van der Waals surface area contributed by atoms with E-state index in [4.69, 9.17) is 4.74 Å². The second-order valence-electron chi connectivity index (χ2n) is 6.67. The highest BCUT2D eigenvalue weighted by Crippen LogP contribution is 2.34. The number of hydrogen-bond donors (Lipinski definition) is 1. The maximum atomic E-state index is 13.1. The molecule has 5 nitrogen and oxygen atoms in total. The number of aromatic nitrogens is 1. The molecule has 1 N–H and O–H groups in total. The first kappa shape index (κ1) is 22.3. The van der Waals surface area contributed by atoms with Crippen molar-refractivity contribution >= 4 is 16.7 Å². The Bertz CT molecular complexity index is 1160. The SMILES string of the molecule is Cc1cc(-c2ccc(NS(=O)C(F)F)c(OCc3ccc(F)cc3)c2)c(C#N)c(C)n1. The van der Waals surface area contributed by atoms with Gasteiger partial charge in [0, 0.05) is 11.3 Å². The van der Waals surface area contributed by atoms with Crippen LogP contribution in [0.3, 0.4) is 0 Å². The number of halogens is 3. The second-order valence-corrected chi connectivity index (χ2v) is 7.82. The number of aryl methyl sites for hydroxylation is 2. The maximum Gasteiger partial charge on any atom is 0.330 e. The predicted molar refractivity (Wildman–Crippen MR) is 112 cm³/mol. The first-order valence-electron chi connectivity index (χ1n) is 9.14. The number of anilines is 1. The van der Waals surface area contributed by atoms with Crippen LogP contribution in [0.2, 0.25) is 0 Å². The van der Waals surface area contributed by atoms with Gasteiger partial charge in [-0.2, -0.15) is 14.0 Å². The number of alkyl halides is 2. The monoisotopic (exact) mass is 445 g/mol. The Morgan fingerprint density at radius 2 is 1.87 bits per heavy atom. The molecule has 1 heterocycles. The summed E-state index contributed by atoms with van der Waals surface area (Å²) in [6.45, 7) is 3.55. The number of nitrogens with one attached hydrogen (secondary N) is 1. The zero-order valence-corrected chi connectivity index (χ0v) is 17.5. The molecule has 0 bridgehead atoms. The van der Waals surface area contributed by atoms with Gasteiger partial charge in [-0.05, 0) is 55.3 Å². The fourth-order valence-corrected chi connectivity index (χ4v) is 3.46. The van der Waals surface area contributed by atoms with Gasteiger partial charge in [-0.25, -0.2) is 8.60 Å². The molecule has 9 heteroatoms. The smallest absolute Gasteiger partial charge is 0.330 e. The lowest BCUT2D eigenvalue weighted by Gasteiger charge is -2.16. The summed E-state index contributed by atoms with van der Waals surface area (Å²) in [5, 5.41) is 9.54. The molecule has 0 fully saturated rings. The van der Waals surface area contributed by atoms with Crippen molar-refractivity contribution in [2.75, 3.05) is 4.72 Å². The zero-order chi connectivity index (χ0) is 22.5. The van der Waals surface area contributed by atoms with Gasteiger partial charge in [0.05, 0.1) is 16.9 Å². The maximum absolute atomic E-state index is 13.1. The van der Waals surface area contributed by atoms with Crippen LogP contribution in [-0.4, -0.2) is 15.0 Å². The average Bonchev–Trinajstić information content (AvgIpc) is 2.73. The highest BCUT2D eigenvalue weighted by molar-refractivity contribution is 7.86. The minimum absolute atomic E-state index is 0.0270. The molecule has 1 unspecified atom stereocenters. The van der Waals surface area contributed by atoms with Crippen molar-refractivity contribution in [1.82, 2.24) is 4.98 Å². The van der Waals surface area contributed by atoms with Crippen LogP contribution in [0.1, 0.15) is 22.5 Å². The molecule has 3 rings (SSSR count). The van der Waals surface area contributed by atoms with Gasteiger partial charge in [0.1, 0.15) is 24.2 Å². The van der Waals surface area contributed by atoms with Crippen molar-refractivity contribution < 1.29 is 22.1 Å². The molecule has 1 aromatic heterocycles. The Labute approximate surface area is 180 Å². The van der Waals surface area contributed by atoms with E-state index in [9.17, 15) is 22.6 Å². The van der Waals surface area contributed by atoms with Crippen molar-refractivity contribution in [3.63, 3.8) is 0 Å². The third-order valence-corrected chi connectivity index (χ3v) is 5.16. The fraction of sp³-hybridized carbons (Fsp3) is 0.182. The highest BCUT2D eigenvalue weighted by Gasteiger charge is 2.18. The second kappa shape index (κ2) is 9.62. The van der Waals surface area contributed by atoms with Crippen LogP contribution in [0.25, 0.3) is 11.1 Å². The topological polar surface area (TPSA) is 75.0 Å². The molecule has 0 saturated carbocycles. The van der Waals surface area contributed by atoms with Crippen molar-refractivity contribution in [3.8, 4) is 22.9 Å². The summed E-state index contributed by atoms with van der Waals surface area (Å²) < 4.78 is 58.3. The first-order valence-corrected chi connectivity index (χ1v) is 10.3. The molecule has 0 aliphatic heterocycles. The molecule has 1 atom stereocenters. The molecule has 3 aromatic rings. The largest absolute Gasteiger partial charge is 0.487 e. The van der Waals surface area contributed by atoms with Gasteiger partial charge in [-0.3, -0.25) is 9.71 Å². The average molecular weight is 445 g/mol. The van der Waals surface area contributed by atoms with Crippen molar-refractivity contribution in [2.45, 2.75) is 26.2 Å². The van der Waals surface area contributed by atoms with E-state index in [0.717, 1.165) is 0 Å². The van der Waals surface area contributed by atoms with Gasteiger partial charge in [-0.1, -0.05) is 18.2 Å². The standard InChI is InChI=1S/C22H18F3N3O2S/c1-13-9-18(19(11-26)14(2)27-13)16-5-8-20(28-31(29)22(24)25)21(10-16)30-12-15-3-6-17(23)7-4-15/h3-10,22,28H,12H2,1-2H3. The van der Waals surface area contributed by atoms with E-state index in [1.165, 1.54) is 30.3 Å². The summed E-state index contributed by atoms with van der Waals surface area (Å²) >= 11 is 0. The van der Waals surface area contributed by atoms with Crippen LogP contribution in [-0.2, 0) is 17.6 Å². The van der Waals surface area contributed by atoms with E-state index >= 15 is 0 Å². The first-order chi connectivity index (χ1) is 14.8. The molecular weight excluding hydrogens is 427 g/mol. The minimum Gasteiger partial charge on any atom is -0.487 e. The molecular formula is C22H18F3N3O2S.